The Morgan fingerprint density at radius 1 is 1.39 bits per heavy atom. The smallest absolute Gasteiger partial charge is 0.314 e. The molecule has 0 atom stereocenters. The fraction of sp³-hybridized carbons (Fsp3) is 0.357. The maximum atomic E-state index is 11.7. The Morgan fingerprint density at radius 3 is 2.61 bits per heavy atom. The molecule has 98 valence electrons. The van der Waals surface area contributed by atoms with E-state index in [1.54, 1.807) is 18.3 Å². The van der Waals surface area contributed by atoms with Gasteiger partial charge in [0.15, 0.2) is 0 Å². The minimum absolute atomic E-state index is 0.250. The summed E-state index contributed by atoms with van der Waals surface area (Å²) in [6.07, 6.45) is 1.73. The normalized spacial score (nSPS) is 11.6. The molecule has 4 heteroatoms. The van der Waals surface area contributed by atoms with Crippen molar-refractivity contribution in [2.75, 3.05) is 5.32 Å². The van der Waals surface area contributed by atoms with Gasteiger partial charge >= 0.3 is 6.03 Å². The number of hydrogen-bond donors (Lipinski definition) is 2. The van der Waals surface area contributed by atoms with Gasteiger partial charge in [-0.15, -0.1) is 0 Å². The number of rotatable bonds is 3. The van der Waals surface area contributed by atoms with E-state index in [-0.39, 0.29) is 6.03 Å². The molecule has 0 fully saturated rings. The van der Waals surface area contributed by atoms with E-state index in [1.165, 1.54) is 0 Å². The van der Waals surface area contributed by atoms with Crippen LogP contribution in [-0.4, -0.2) is 6.03 Å². The number of nitrogens with one attached hydrogen (secondary N) is 2. The van der Waals surface area contributed by atoms with Crippen LogP contribution in [0, 0.1) is 12.8 Å². The summed E-state index contributed by atoms with van der Waals surface area (Å²) in [5.41, 5.74) is 2.81. The summed E-state index contributed by atoms with van der Waals surface area (Å²) >= 11 is 5.85. The number of aryl methyl sites for hydroxylation is 1. The predicted molar refractivity (Wildman–Crippen MR) is 76.9 cm³/mol. The Morgan fingerprint density at radius 2 is 2.06 bits per heavy atom. The van der Waals surface area contributed by atoms with E-state index in [0.717, 1.165) is 16.8 Å². The van der Waals surface area contributed by atoms with Crippen LogP contribution < -0.4 is 10.6 Å². The molecule has 3 nitrogen and oxygen atoms in total. The van der Waals surface area contributed by atoms with Gasteiger partial charge in [-0.25, -0.2) is 4.79 Å². The SMILES string of the molecule is C/C(=C\NC(=O)Nc1ccc(Cl)cc1C)C(C)C. The van der Waals surface area contributed by atoms with Gasteiger partial charge in [0, 0.05) is 16.9 Å². The average molecular weight is 267 g/mol. The summed E-state index contributed by atoms with van der Waals surface area (Å²) in [6, 6.07) is 5.10. The van der Waals surface area contributed by atoms with Gasteiger partial charge in [0.1, 0.15) is 0 Å². The summed E-state index contributed by atoms with van der Waals surface area (Å²) in [5.74, 6) is 0.419. The Kier molecular flexibility index (Phi) is 5.23. The second kappa shape index (κ2) is 6.45. The molecule has 2 amide bonds. The lowest BCUT2D eigenvalue weighted by Crippen LogP contribution is -2.25. The summed E-state index contributed by atoms with van der Waals surface area (Å²) in [4.78, 5) is 11.7. The van der Waals surface area contributed by atoms with Gasteiger partial charge in [0.25, 0.3) is 0 Å². The van der Waals surface area contributed by atoms with Crippen LogP contribution in [0.1, 0.15) is 26.3 Å². The maximum Gasteiger partial charge on any atom is 0.323 e. The molecule has 0 aliphatic rings. The van der Waals surface area contributed by atoms with Crippen molar-refractivity contribution in [1.29, 1.82) is 0 Å². The Balaban J connectivity index is 2.63. The van der Waals surface area contributed by atoms with Crippen molar-refractivity contribution in [3.05, 3.63) is 40.6 Å². The van der Waals surface area contributed by atoms with E-state index < -0.39 is 0 Å². The highest BCUT2D eigenvalue weighted by atomic mass is 35.5. The fourth-order valence-corrected chi connectivity index (χ4v) is 1.50. The summed E-state index contributed by atoms with van der Waals surface area (Å²) < 4.78 is 0. The number of carbonyl (C=O) groups excluding carboxylic acids is 1. The molecule has 2 N–H and O–H groups in total. The van der Waals surface area contributed by atoms with Crippen molar-refractivity contribution in [1.82, 2.24) is 5.32 Å². The van der Waals surface area contributed by atoms with Gasteiger partial charge in [0.05, 0.1) is 0 Å². The van der Waals surface area contributed by atoms with Crippen LogP contribution in [-0.2, 0) is 0 Å². The number of hydrogen-bond acceptors (Lipinski definition) is 1. The molecule has 1 aromatic rings. The maximum absolute atomic E-state index is 11.7. The molecule has 0 unspecified atom stereocenters. The third-order valence-electron chi connectivity index (χ3n) is 2.78. The summed E-state index contributed by atoms with van der Waals surface area (Å²) in [5, 5.41) is 6.15. The minimum atomic E-state index is -0.250. The van der Waals surface area contributed by atoms with Crippen molar-refractivity contribution in [3.8, 4) is 0 Å². The largest absolute Gasteiger partial charge is 0.323 e. The Labute approximate surface area is 113 Å². The average Bonchev–Trinajstić information content (AvgIpc) is 2.29. The van der Waals surface area contributed by atoms with E-state index in [4.69, 9.17) is 11.6 Å². The fourth-order valence-electron chi connectivity index (χ4n) is 1.27. The second-order valence-electron chi connectivity index (χ2n) is 4.60. The third-order valence-corrected chi connectivity index (χ3v) is 3.01. The van der Waals surface area contributed by atoms with Gasteiger partial charge in [-0.3, -0.25) is 0 Å². The number of urea groups is 1. The van der Waals surface area contributed by atoms with E-state index in [0.29, 0.717) is 10.9 Å². The number of allylic oxidation sites excluding steroid dienone is 1. The highest BCUT2D eigenvalue weighted by Crippen LogP contribution is 2.19. The zero-order valence-electron chi connectivity index (χ0n) is 11.2. The first-order chi connectivity index (χ1) is 8.40. The standard InChI is InChI=1S/C14H19ClN2O/c1-9(2)11(4)8-16-14(18)17-13-6-5-12(15)7-10(13)3/h5-9H,1-4H3,(H2,16,17,18)/b11-8+. The lowest BCUT2D eigenvalue weighted by atomic mass is 10.1. The molecule has 0 aliphatic heterocycles. The highest BCUT2D eigenvalue weighted by molar-refractivity contribution is 6.30. The molecule has 18 heavy (non-hydrogen) atoms. The first-order valence-corrected chi connectivity index (χ1v) is 6.28. The molecule has 0 heterocycles. The minimum Gasteiger partial charge on any atom is -0.314 e. The molecular weight excluding hydrogens is 248 g/mol. The number of carbonyl (C=O) groups is 1. The molecule has 0 spiro atoms. The molecule has 0 aromatic heterocycles. The molecule has 0 saturated heterocycles. The van der Waals surface area contributed by atoms with E-state index in [1.807, 2.05) is 19.9 Å². The Bertz CT molecular complexity index is 467. The van der Waals surface area contributed by atoms with Gasteiger partial charge in [-0.05, 0) is 43.5 Å². The summed E-state index contributed by atoms with van der Waals surface area (Å²) in [7, 11) is 0. The second-order valence-corrected chi connectivity index (χ2v) is 5.04. The quantitative estimate of drug-likeness (QED) is 0.840. The third kappa shape index (κ3) is 4.41. The van der Waals surface area contributed by atoms with Gasteiger partial charge in [-0.1, -0.05) is 31.0 Å². The van der Waals surface area contributed by atoms with Crippen LogP contribution in [0.2, 0.25) is 5.02 Å². The van der Waals surface area contributed by atoms with E-state index >= 15 is 0 Å². The van der Waals surface area contributed by atoms with Crippen LogP contribution >= 0.6 is 11.6 Å². The lowest BCUT2D eigenvalue weighted by molar-refractivity contribution is 0.255. The number of benzene rings is 1. The van der Waals surface area contributed by atoms with Gasteiger partial charge < -0.3 is 10.6 Å². The zero-order chi connectivity index (χ0) is 13.7. The molecule has 1 aromatic carbocycles. The number of amides is 2. The van der Waals surface area contributed by atoms with E-state index in [2.05, 4.69) is 24.5 Å². The van der Waals surface area contributed by atoms with Crippen LogP contribution in [0.3, 0.4) is 0 Å². The molecular formula is C14H19ClN2O. The van der Waals surface area contributed by atoms with Crippen molar-refractivity contribution >= 4 is 23.3 Å². The summed E-state index contributed by atoms with van der Waals surface area (Å²) in [6.45, 7) is 8.04. The van der Waals surface area contributed by atoms with Crippen LogP contribution in [0.5, 0.6) is 0 Å². The first-order valence-electron chi connectivity index (χ1n) is 5.90. The van der Waals surface area contributed by atoms with Crippen molar-refractivity contribution in [3.63, 3.8) is 0 Å². The van der Waals surface area contributed by atoms with Crippen LogP contribution in [0.15, 0.2) is 30.0 Å². The topological polar surface area (TPSA) is 41.1 Å². The van der Waals surface area contributed by atoms with Gasteiger partial charge in [-0.2, -0.15) is 0 Å². The monoisotopic (exact) mass is 266 g/mol. The molecule has 0 saturated carbocycles. The van der Waals surface area contributed by atoms with Crippen LogP contribution in [0.4, 0.5) is 10.5 Å². The molecule has 0 bridgehead atoms. The molecule has 1 rings (SSSR count). The van der Waals surface area contributed by atoms with Crippen molar-refractivity contribution < 1.29 is 4.79 Å². The molecule has 0 aliphatic carbocycles. The van der Waals surface area contributed by atoms with Crippen molar-refractivity contribution in [2.24, 2.45) is 5.92 Å². The van der Waals surface area contributed by atoms with E-state index in [9.17, 15) is 4.79 Å². The number of halogens is 1. The predicted octanol–water partition coefficient (Wildman–Crippen LogP) is 4.33. The Hall–Kier alpha value is -1.48. The number of anilines is 1. The zero-order valence-corrected chi connectivity index (χ0v) is 11.9. The van der Waals surface area contributed by atoms with Crippen LogP contribution in [0.25, 0.3) is 0 Å². The lowest BCUT2D eigenvalue weighted by Gasteiger charge is -2.09. The molecule has 0 radical (unpaired) electrons. The first kappa shape index (κ1) is 14.6. The highest BCUT2D eigenvalue weighted by Gasteiger charge is 2.04. The van der Waals surface area contributed by atoms with Crippen molar-refractivity contribution in [2.45, 2.75) is 27.7 Å². The van der Waals surface area contributed by atoms with Gasteiger partial charge in [0.2, 0.25) is 0 Å².